The van der Waals surface area contributed by atoms with E-state index in [4.69, 9.17) is 0 Å². The third-order valence-corrected chi connectivity index (χ3v) is 3.82. The molecule has 0 aliphatic rings. The minimum atomic E-state index is -0.474. The van der Waals surface area contributed by atoms with Crippen LogP contribution in [0.3, 0.4) is 0 Å². The number of esters is 1. The molecule has 3 aromatic rings. The van der Waals surface area contributed by atoms with E-state index >= 15 is 0 Å². The molecule has 0 spiro atoms. The quantitative estimate of drug-likeness (QED) is 0.674. The summed E-state index contributed by atoms with van der Waals surface area (Å²) in [5.74, 6) is -0.564. The molecule has 1 heterocycles. The van der Waals surface area contributed by atoms with Crippen LogP contribution in [0.2, 0.25) is 0 Å². The van der Waals surface area contributed by atoms with Gasteiger partial charge in [0.15, 0.2) is 0 Å². The number of carbonyl (C=O) groups excluding carboxylic acids is 2. The van der Waals surface area contributed by atoms with Gasteiger partial charge in [0.2, 0.25) is 5.95 Å². The summed E-state index contributed by atoms with van der Waals surface area (Å²) in [4.78, 5) is 32.5. The summed E-state index contributed by atoms with van der Waals surface area (Å²) in [5.41, 5.74) is 2.91. The van der Waals surface area contributed by atoms with Crippen molar-refractivity contribution in [1.29, 1.82) is 0 Å². The van der Waals surface area contributed by atoms with Crippen molar-refractivity contribution in [2.24, 2.45) is 0 Å². The van der Waals surface area contributed by atoms with E-state index in [2.05, 4.69) is 25.3 Å². The standard InChI is InChI=1S/C20H18N4O3/c1-13-6-3-4-9-16(13)23-20-21-11-10-17(24-20)18(25)22-15-8-5-7-14(12-15)19(26)27-2/h3-12H,1-2H3,(H,22,25)(H,21,23,24). The first-order valence-electron chi connectivity index (χ1n) is 8.22. The molecule has 0 fully saturated rings. The smallest absolute Gasteiger partial charge is 0.337 e. The number of amides is 1. The lowest BCUT2D eigenvalue weighted by Gasteiger charge is -2.09. The van der Waals surface area contributed by atoms with E-state index in [0.29, 0.717) is 17.2 Å². The minimum absolute atomic E-state index is 0.199. The van der Waals surface area contributed by atoms with Crippen molar-refractivity contribution in [3.8, 4) is 0 Å². The molecule has 0 bridgehead atoms. The molecular weight excluding hydrogens is 344 g/mol. The number of methoxy groups -OCH3 is 1. The Labute approximate surface area is 156 Å². The van der Waals surface area contributed by atoms with Crippen LogP contribution >= 0.6 is 0 Å². The van der Waals surface area contributed by atoms with Crippen molar-refractivity contribution in [3.05, 3.63) is 77.6 Å². The van der Waals surface area contributed by atoms with Crippen molar-refractivity contribution in [2.75, 3.05) is 17.7 Å². The molecule has 0 saturated heterocycles. The Hall–Kier alpha value is -3.74. The maximum Gasteiger partial charge on any atom is 0.337 e. The number of aryl methyl sites for hydroxylation is 1. The molecule has 0 atom stereocenters. The Bertz CT molecular complexity index is 988. The number of anilines is 3. The molecule has 7 heteroatoms. The third-order valence-electron chi connectivity index (χ3n) is 3.82. The van der Waals surface area contributed by atoms with E-state index in [9.17, 15) is 9.59 Å². The molecule has 3 rings (SSSR count). The van der Waals surface area contributed by atoms with E-state index < -0.39 is 11.9 Å². The summed E-state index contributed by atoms with van der Waals surface area (Å²) >= 11 is 0. The molecule has 0 aliphatic carbocycles. The van der Waals surface area contributed by atoms with Gasteiger partial charge in [-0.2, -0.15) is 0 Å². The van der Waals surface area contributed by atoms with Crippen molar-refractivity contribution < 1.29 is 14.3 Å². The Morgan fingerprint density at radius 2 is 1.85 bits per heavy atom. The highest BCUT2D eigenvalue weighted by atomic mass is 16.5. The molecule has 2 aromatic carbocycles. The number of rotatable bonds is 5. The second-order valence-corrected chi connectivity index (χ2v) is 5.73. The van der Waals surface area contributed by atoms with Crippen LogP contribution < -0.4 is 10.6 Å². The van der Waals surface area contributed by atoms with Crippen LogP contribution in [0.5, 0.6) is 0 Å². The molecule has 2 N–H and O–H groups in total. The van der Waals surface area contributed by atoms with Gasteiger partial charge < -0.3 is 15.4 Å². The largest absolute Gasteiger partial charge is 0.465 e. The zero-order valence-corrected chi connectivity index (χ0v) is 14.9. The van der Waals surface area contributed by atoms with Gasteiger partial charge in [-0.05, 0) is 42.8 Å². The van der Waals surface area contributed by atoms with Crippen LogP contribution in [0.1, 0.15) is 26.4 Å². The summed E-state index contributed by atoms with van der Waals surface area (Å²) < 4.78 is 4.68. The molecule has 0 unspecified atom stereocenters. The second kappa shape index (κ2) is 8.09. The maximum atomic E-state index is 12.5. The van der Waals surface area contributed by atoms with Gasteiger partial charge in [0.1, 0.15) is 5.69 Å². The summed E-state index contributed by atoms with van der Waals surface area (Å²) in [5, 5.41) is 5.81. The average Bonchev–Trinajstić information content (AvgIpc) is 2.69. The number of benzene rings is 2. The van der Waals surface area contributed by atoms with Gasteiger partial charge in [-0.25, -0.2) is 14.8 Å². The number of nitrogens with zero attached hydrogens (tertiary/aromatic N) is 2. The molecule has 136 valence electrons. The molecule has 1 aromatic heterocycles. The maximum absolute atomic E-state index is 12.5. The van der Waals surface area contributed by atoms with Crippen LogP contribution in [0, 0.1) is 6.92 Å². The van der Waals surface area contributed by atoms with E-state index in [0.717, 1.165) is 11.3 Å². The van der Waals surface area contributed by atoms with Crippen molar-refractivity contribution >= 4 is 29.2 Å². The number of hydrogen-bond donors (Lipinski definition) is 2. The Kier molecular flexibility index (Phi) is 5.41. The lowest BCUT2D eigenvalue weighted by molar-refractivity contribution is 0.0600. The number of para-hydroxylation sites is 1. The zero-order valence-electron chi connectivity index (χ0n) is 14.9. The van der Waals surface area contributed by atoms with E-state index in [1.807, 2.05) is 31.2 Å². The molecule has 0 radical (unpaired) electrons. The molecule has 1 amide bonds. The van der Waals surface area contributed by atoms with Crippen molar-refractivity contribution in [2.45, 2.75) is 6.92 Å². The summed E-state index contributed by atoms with van der Waals surface area (Å²) in [7, 11) is 1.30. The molecule has 0 saturated carbocycles. The fraction of sp³-hybridized carbons (Fsp3) is 0.100. The first kappa shape index (κ1) is 18.1. The topological polar surface area (TPSA) is 93.2 Å². The highest BCUT2D eigenvalue weighted by molar-refractivity contribution is 6.03. The fourth-order valence-electron chi connectivity index (χ4n) is 2.42. The van der Waals surface area contributed by atoms with Crippen LogP contribution in [0.25, 0.3) is 0 Å². The third kappa shape index (κ3) is 4.46. The highest BCUT2D eigenvalue weighted by Crippen LogP contribution is 2.18. The van der Waals surface area contributed by atoms with Gasteiger partial charge >= 0.3 is 5.97 Å². The number of carbonyl (C=O) groups is 2. The predicted molar refractivity (Wildman–Crippen MR) is 102 cm³/mol. The fourth-order valence-corrected chi connectivity index (χ4v) is 2.42. The molecule has 0 aliphatic heterocycles. The minimum Gasteiger partial charge on any atom is -0.465 e. The van der Waals surface area contributed by atoms with Crippen LogP contribution in [-0.4, -0.2) is 29.0 Å². The molecular formula is C20H18N4O3. The summed E-state index contributed by atoms with van der Waals surface area (Å²) in [6.07, 6.45) is 1.51. The SMILES string of the molecule is COC(=O)c1cccc(NC(=O)c2ccnc(Nc3ccccc3C)n2)c1. The van der Waals surface area contributed by atoms with Crippen LogP contribution in [-0.2, 0) is 4.74 Å². The Morgan fingerprint density at radius 3 is 2.63 bits per heavy atom. The van der Waals surface area contributed by atoms with Crippen molar-refractivity contribution in [3.63, 3.8) is 0 Å². The monoisotopic (exact) mass is 362 g/mol. The number of hydrogen-bond acceptors (Lipinski definition) is 6. The lowest BCUT2D eigenvalue weighted by Crippen LogP contribution is -2.15. The average molecular weight is 362 g/mol. The van der Waals surface area contributed by atoms with Crippen LogP contribution in [0.4, 0.5) is 17.3 Å². The van der Waals surface area contributed by atoms with Gasteiger partial charge in [-0.15, -0.1) is 0 Å². The predicted octanol–water partition coefficient (Wildman–Crippen LogP) is 3.57. The molecule has 27 heavy (non-hydrogen) atoms. The first-order valence-corrected chi connectivity index (χ1v) is 8.22. The zero-order chi connectivity index (χ0) is 19.2. The van der Waals surface area contributed by atoms with Gasteiger partial charge in [0.25, 0.3) is 5.91 Å². The second-order valence-electron chi connectivity index (χ2n) is 5.73. The molecule has 7 nitrogen and oxygen atoms in total. The van der Waals surface area contributed by atoms with Gasteiger partial charge in [0.05, 0.1) is 12.7 Å². The normalized spacial score (nSPS) is 10.1. The summed E-state index contributed by atoms with van der Waals surface area (Å²) in [6, 6.07) is 15.7. The number of nitrogens with one attached hydrogen (secondary N) is 2. The van der Waals surface area contributed by atoms with Crippen molar-refractivity contribution in [1.82, 2.24) is 9.97 Å². The van der Waals surface area contributed by atoms with E-state index in [1.165, 1.54) is 25.4 Å². The highest BCUT2D eigenvalue weighted by Gasteiger charge is 2.12. The Balaban J connectivity index is 1.76. The van der Waals surface area contributed by atoms with Crippen LogP contribution in [0.15, 0.2) is 60.8 Å². The number of ether oxygens (including phenoxy) is 1. The summed E-state index contributed by atoms with van der Waals surface area (Å²) in [6.45, 7) is 1.97. The number of aromatic nitrogens is 2. The first-order chi connectivity index (χ1) is 13.1. The van der Waals surface area contributed by atoms with E-state index in [-0.39, 0.29) is 5.69 Å². The van der Waals surface area contributed by atoms with E-state index in [1.54, 1.807) is 18.2 Å². The van der Waals surface area contributed by atoms with Gasteiger partial charge in [-0.1, -0.05) is 24.3 Å². The van der Waals surface area contributed by atoms with Gasteiger partial charge in [0, 0.05) is 17.6 Å². The van der Waals surface area contributed by atoms with Gasteiger partial charge in [-0.3, -0.25) is 4.79 Å². The lowest BCUT2D eigenvalue weighted by atomic mass is 10.2. The Morgan fingerprint density at radius 1 is 1.04 bits per heavy atom.